The van der Waals surface area contributed by atoms with Crippen molar-refractivity contribution in [2.45, 2.75) is 26.6 Å². The summed E-state index contributed by atoms with van der Waals surface area (Å²) >= 11 is 0. The van der Waals surface area contributed by atoms with Crippen molar-refractivity contribution in [2.75, 3.05) is 5.73 Å². The van der Waals surface area contributed by atoms with E-state index in [4.69, 9.17) is 11.0 Å². The minimum absolute atomic E-state index is 0.526. The Morgan fingerprint density at radius 3 is 2.38 bits per heavy atom. The maximum atomic E-state index is 8.98. The Kier molecular flexibility index (Phi) is 3.42. The third kappa shape index (κ3) is 2.89. The monoisotopic (exact) mass is 228 g/mol. The molecule has 0 saturated carbocycles. The second-order valence-electron chi connectivity index (χ2n) is 4.81. The molecule has 0 fully saturated rings. The summed E-state index contributed by atoms with van der Waals surface area (Å²) in [5, 5.41) is 8.98. The van der Waals surface area contributed by atoms with Gasteiger partial charge in [0.05, 0.1) is 5.56 Å². The number of hydrogen-bond donors (Lipinski definition) is 1. The predicted octanol–water partition coefficient (Wildman–Crippen LogP) is 2.68. The topological polar surface area (TPSA) is 49.8 Å². The number of hydrogen-bond acceptors (Lipinski definition) is 2. The van der Waals surface area contributed by atoms with Gasteiger partial charge in [0, 0.05) is 11.3 Å². The largest absolute Gasteiger partial charge is 0.398 e. The summed E-state index contributed by atoms with van der Waals surface area (Å²) < 4.78 is 0. The zero-order chi connectivity index (χ0) is 12.3. The average Bonchev–Trinajstić information content (AvgIpc) is 2.16. The smallest absolute Gasteiger partial charge is 0.129 e. The lowest BCUT2D eigenvalue weighted by Gasteiger charge is -2.06. The minimum Gasteiger partial charge on any atom is -0.398 e. The molecule has 2 nitrogen and oxygen atoms in total. The third-order valence-corrected chi connectivity index (χ3v) is 3.06. The maximum absolute atomic E-state index is 8.98. The third-order valence-electron chi connectivity index (χ3n) is 2.18. The van der Waals surface area contributed by atoms with E-state index < -0.39 is 8.07 Å². The van der Waals surface area contributed by atoms with Crippen molar-refractivity contribution in [3.8, 4) is 17.5 Å². The number of nitrogen functional groups attached to an aromatic ring is 1. The number of nitriles is 1. The molecule has 0 aliphatic heterocycles. The molecule has 1 rings (SSSR count). The first-order valence-corrected chi connectivity index (χ1v) is 8.67. The highest BCUT2D eigenvalue weighted by atomic mass is 28.3. The van der Waals surface area contributed by atoms with E-state index in [9.17, 15) is 0 Å². The van der Waals surface area contributed by atoms with E-state index >= 15 is 0 Å². The Hall–Kier alpha value is -1.71. The molecule has 0 unspecified atom stereocenters. The number of anilines is 1. The standard InChI is InChI=1S/C13H16N2Si/c1-10-11(7-8-16(2,3)4)5-6-13(15)12(10)9-14/h5-6H,15H2,1-4H3. The SMILES string of the molecule is Cc1c(C#C[Si](C)(C)C)ccc(N)c1C#N. The zero-order valence-electron chi connectivity index (χ0n) is 10.2. The predicted molar refractivity (Wildman–Crippen MR) is 70.5 cm³/mol. The van der Waals surface area contributed by atoms with Crippen LogP contribution in [0.25, 0.3) is 0 Å². The molecular formula is C13H16N2Si. The van der Waals surface area contributed by atoms with E-state index in [-0.39, 0.29) is 0 Å². The highest BCUT2D eigenvalue weighted by Gasteiger charge is 2.09. The van der Waals surface area contributed by atoms with Crippen LogP contribution in [0, 0.1) is 29.7 Å². The number of nitrogens with two attached hydrogens (primary N) is 1. The second kappa shape index (κ2) is 4.43. The van der Waals surface area contributed by atoms with Gasteiger partial charge in [-0.05, 0) is 24.6 Å². The van der Waals surface area contributed by atoms with Crippen LogP contribution >= 0.6 is 0 Å². The molecule has 16 heavy (non-hydrogen) atoms. The molecule has 0 amide bonds. The fourth-order valence-corrected chi connectivity index (χ4v) is 1.78. The van der Waals surface area contributed by atoms with Gasteiger partial charge < -0.3 is 5.73 Å². The van der Waals surface area contributed by atoms with E-state index in [0.717, 1.165) is 11.1 Å². The minimum atomic E-state index is -1.38. The van der Waals surface area contributed by atoms with Crippen LogP contribution in [0.4, 0.5) is 5.69 Å². The quantitative estimate of drug-likeness (QED) is 0.421. The summed E-state index contributed by atoms with van der Waals surface area (Å²) in [6.45, 7) is 8.47. The van der Waals surface area contributed by atoms with Gasteiger partial charge in [0.2, 0.25) is 0 Å². The summed E-state index contributed by atoms with van der Waals surface area (Å²) in [4.78, 5) is 0. The van der Waals surface area contributed by atoms with Crippen LogP contribution in [0.3, 0.4) is 0 Å². The Labute approximate surface area is 98.1 Å². The van der Waals surface area contributed by atoms with E-state index in [1.165, 1.54) is 0 Å². The van der Waals surface area contributed by atoms with E-state index in [1.54, 1.807) is 6.07 Å². The van der Waals surface area contributed by atoms with E-state index in [1.807, 2.05) is 13.0 Å². The van der Waals surface area contributed by atoms with Crippen molar-refractivity contribution in [3.05, 3.63) is 28.8 Å². The molecule has 0 saturated heterocycles. The van der Waals surface area contributed by atoms with Crippen molar-refractivity contribution in [1.82, 2.24) is 0 Å². The van der Waals surface area contributed by atoms with Crippen molar-refractivity contribution in [3.63, 3.8) is 0 Å². The summed E-state index contributed by atoms with van der Waals surface area (Å²) in [5.41, 5.74) is 11.9. The highest BCUT2D eigenvalue weighted by Crippen LogP contribution is 2.19. The zero-order valence-corrected chi connectivity index (χ0v) is 11.2. The summed E-state index contributed by atoms with van der Waals surface area (Å²) in [6.07, 6.45) is 0. The van der Waals surface area contributed by atoms with Crippen LogP contribution in [0.5, 0.6) is 0 Å². The van der Waals surface area contributed by atoms with Gasteiger partial charge in [-0.25, -0.2) is 0 Å². The molecule has 0 heterocycles. The van der Waals surface area contributed by atoms with E-state index in [2.05, 4.69) is 37.2 Å². The van der Waals surface area contributed by atoms with Crippen LogP contribution in [0.15, 0.2) is 12.1 Å². The highest BCUT2D eigenvalue weighted by molar-refractivity contribution is 6.83. The lowest BCUT2D eigenvalue weighted by atomic mass is 10.0. The Morgan fingerprint density at radius 1 is 1.25 bits per heavy atom. The lowest BCUT2D eigenvalue weighted by molar-refractivity contribution is 1.37. The van der Waals surface area contributed by atoms with Crippen molar-refractivity contribution >= 4 is 13.8 Å². The second-order valence-corrected chi connectivity index (χ2v) is 9.56. The molecule has 0 atom stereocenters. The number of benzene rings is 1. The van der Waals surface area contributed by atoms with Crippen LogP contribution < -0.4 is 5.73 Å². The molecule has 1 aromatic carbocycles. The van der Waals surface area contributed by atoms with Gasteiger partial charge in [-0.3, -0.25) is 0 Å². The fraction of sp³-hybridized carbons (Fsp3) is 0.308. The molecule has 1 aromatic rings. The van der Waals surface area contributed by atoms with E-state index in [0.29, 0.717) is 11.3 Å². The Morgan fingerprint density at radius 2 is 1.88 bits per heavy atom. The van der Waals surface area contributed by atoms with Gasteiger partial charge in [-0.2, -0.15) is 5.26 Å². The molecular weight excluding hydrogens is 212 g/mol. The van der Waals surface area contributed by atoms with Gasteiger partial charge in [-0.1, -0.05) is 25.6 Å². The fourth-order valence-electron chi connectivity index (χ4n) is 1.27. The summed E-state index contributed by atoms with van der Waals surface area (Å²) in [6, 6.07) is 5.76. The first-order valence-electron chi connectivity index (χ1n) is 5.17. The molecule has 0 aliphatic rings. The van der Waals surface area contributed by atoms with Gasteiger partial charge >= 0.3 is 0 Å². The number of rotatable bonds is 0. The van der Waals surface area contributed by atoms with Crippen molar-refractivity contribution < 1.29 is 0 Å². The van der Waals surface area contributed by atoms with Crippen LogP contribution in [-0.2, 0) is 0 Å². The lowest BCUT2D eigenvalue weighted by Crippen LogP contribution is -2.16. The first-order chi connectivity index (χ1) is 7.35. The molecule has 0 aromatic heterocycles. The molecule has 0 aliphatic carbocycles. The molecule has 2 N–H and O–H groups in total. The van der Waals surface area contributed by atoms with Gasteiger partial charge in [0.15, 0.2) is 0 Å². The van der Waals surface area contributed by atoms with Gasteiger partial charge in [-0.15, -0.1) is 5.54 Å². The van der Waals surface area contributed by atoms with Gasteiger partial charge in [0.1, 0.15) is 14.1 Å². The first kappa shape index (κ1) is 12.4. The van der Waals surface area contributed by atoms with Crippen LogP contribution in [0.1, 0.15) is 16.7 Å². The van der Waals surface area contributed by atoms with Gasteiger partial charge in [0.25, 0.3) is 0 Å². The molecule has 82 valence electrons. The maximum Gasteiger partial charge on any atom is 0.129 e. The van der Waals surface area contributed by atoms with Crippen LogP contribution in [0.2, 0.25) is 19.6 Å². The molecule has 3 heteroatoms. The molecule has 0 bridgehead atoms. The number of nitrogens with zero attached hydrogens (tertiary/aromatic N) is 1. The molecule has 0 radical (unpaired) electrons. The summed E-state index contributed by atoms with van der Waals surface area (Å²) in [5.74, 6) is 3.16. The van der Waals surface area contributed by atoms with Crippen LogP contribution in [-0.4, -0.2) is 8.07 Å². The van der Waals surface area contributed by atoms with Crippen molar-refractivity contribution in [1.29, 1.82) is 5.26 Å². The Bertz CT molecular complexity index is 508. The average molecular weight is 228 g/mol. The summed E-state index contributed by atoms with van der Waals surface area (Å²) in [7, 11) is -1.38. The normalized spacial score (nSPS) is 10.2. The Balaban J connectivity index is 3.28. The van der Waals surface area contributed by atoms with Crippen molar-refractivity contribution in [2.24, 2.45) is 0 Å². The molecule has 0 spiro atoms.